The molecule has 0 aromatic heterocycles. The van der Waals surface area contributed by atoms with E-state index >= 15 is 0 Å². The number of hydrogen-bond acceptors (Lipinski definition) is 5. The van der Waals surface area contributed by atoms with Crippen LogP contribution in [0.4, 0.5) is 4.79 Å². The number of carbonyl (C=O) groups is 1. The summed E-state index contributed by atoms with van der Waals surface area (Å²) in [4.78, 5) is 19.1. The van der Waals surface area contributed by atoms with E-state index in [1.807, 2.05) is 20.8 Å². The standard InChI is InChI=1S/C22H45N5O3/c1-8-22(9-2,26-20(28)30-21(3,4)5)17-25-19(23-6)24-16-18-10-12-27(13-11-18)14-15-29-7/h18H,8-17H2,1-7H3,(H,26,28)(H2,23,24,25). The Balaban J connectivity index is 2.47. The zero-order valence-corrected chi connectivity index (χ0v) is 20.3. The first-order chi connectivity index (χ1) is 14.2. The van der Waals surface area contributed by atoms with Crippen LogP contribution in [0.3, 0.4) is 0 Å². The molecule has 0 radical (unpaired) electrons. The van der Waals surface area contributed by atoms with Crippen LogP contribution in [0, 0.1) is 5.92 Å². The summed E-state index contributed by atoms with van der Waals surface area (Å²) in [7, 11) is 3.54. The summed E-state index contributed by atoms with van der Waals surface area (Å²) in [5.74, 6) is 1.42. The van der Waals surface area contributed by atoms with E-state index in [4.69, 9.17) is 9.47 Å². The normalized spacial score (nSPS) is 17.0. The number of likely N-dealkylation sites (tertiary alicyclic amines) is 1. The van der Waals surface area contributed by atoms with Crippen molar-refractivity contribution in [3.8, 4) is 0 Å². The Labute approximate surface area is 183 Å². The van der Waals surface area contributed by atoms with Crippen molar-refractivity contribution in [1.82, 2.24) is 20.9 Å². The lowest BCUT2D eigenvalue weighted by molar-refractivity contribution is 0.0448. The molecular formula is C22H45N5O3. The summed E-state index contributed by atoms with van der Waals surface area (Å²) in [5, 5.41) is 9.93. The van der Waals surface area contributed by atoms with E-state index in [-0.39, 0.29) is 11.6 Å². The zero-order valence-electron chi connectivity index (χ0n) is 20.3. The molecule has 1 heterocycles. The molecule has 0 saturated carbocycles. The number of guanidine groups is 1. The number of nitrogens with one attached hydrogen (secondary N) is 3. The average molecular weight is 428 g/mol. The summed E-state index contributed by atoms with van der Waals surface area (Å²) in [6, 6.07) is 0. The van der Waals surface area contributed by atoms with Gasteiger partial charge in [0, 0.05) is 33.8 Å². The van der Waals surface area contributed by atoms with E-state index in [9.17, 15) is 4.79 Å². The van der Waals surface area contributed by atoms with Gasteiger partial charge in [0.25, 0.3) is 0 Å². The van der Waals surface area contributed by atoms with Crippen molar-refractivity contribution in [3.05, 3.63) is 0 Å². The summed E-state index contributed by atoms with van der Waals surface area (Å²) in [5.41, 5.74) is -0.895. The SMILES string of the molecule is CCC(CC)(CNC(=NC)NCC1CCN(CCOC)CC1)NC(=O)OC(C)(C)C. The van der Waals surface area contributed by atoms with Gasteiger partial charge in [0.15, 0.2) is 5.96 Å². The van der Waals surface area contributed by atoms with Crippen molar-refractivity contribution < 1.29 is 14.3 Å². The first-order valence-corrected chi connectivity index (χ1v) is 11.3. The van der Waals surface area contributed by atoms with Crippen LogP contribution in [0.5, 0.6) is 0 Å². The molecule has 0 bridgehead atoms. The highest BCUT2D eigenvalue weighted by Gasteiger charge is 2.30. The highest BCUT2D eigenvalue weighted by atomic mass is 16.6. The Bertz CT molecular complexity index is 521. The van der Waals surface area contributed by atoms with Gasteiger partial charge in [0.1, 0.15) is 5.60 Å². The van der Waals surface area contributed by atoms with Crippen molar-refractivity contribution in [1.29, 1.82) is 0 Å². The van der Waals surface area contributed by atoms with Gasteiger partial charge in [-0.3, -0.25) is 4.99 Å². The monoisotopic (exact) mass is 427 g/mol. The fourth-order valence-electron chi connectivity index (χ4n) is 3.59. The van der Waals surface area contributed by atoms with Crippen LogP contribution in [-0.4, -0.2) is 81.6 Å². The van der Waals surface area contributed by atoms with Crippen molar-refractivity contribution in [2.24, 2.45) is 10.9 Å². The van der Waals surface area contributed by atoms with Crippen molar-refractivity contribution >= 4 is 12.1 Å². The number of methoxy groups -OCH3 is 1. The molecule has 0 spiro atoms. The Morgan fingerprint density at radius 3 is 2.27 bits per heavy atom. The zero-order chi connectivity index (χ0) is 22.6. The molecule has 8 nitrogen and oxygen atoms in total. The summed E-state index contributed by atoms with van der Waals surface area (Å²) in [6.45, 7) is 15.3. The molecule has 30 heavy (non-hydrogen) atoms. The lowest BCUT2D eigenvalue weighted by Gasteiger charge is -2.35. The third-order valence-corrected chi connectivity index (χ3v) is 5.81. The fourth-order valence-corrected chi connectivity index (χ4v) is 3.59. The molecule has 1 aliphatic rings. The van der Waals surface area contributed by atoms with Crippen LogP contribution in [0.15, 0.2) is 4.99 Å². The summed E-state index contributed by atoms with van der Waals surface area (Å²) < 4.78 is 10.6. The van der Waals surface area contributed by atoms with Gasteiger partial charge < -0.3 is 30.3 Å². The second-order valence-electron chi connectivity index (χ2n) is 9.20. The minimum Gasteiger partial charge on any atom is -0.444 e. The predicted octanol–water partition coefficient (Wildman–Crippen LogP) is 2.59. The number of rotatable bonds is 10. The van der Waals surface area contributed by atoms with Gasteiger partial charge in [-0.25, -0.2) is 4.79 Å². The number of alkyl carbamates (subject to hydrolysis) is 1. The average Bonchev–Trinajstić information content (AvgIpc) is 2.70. The van der Waals surface area contributed by atoms with Crippen molar-refractivity contribution in [2.45, 2.75) is 71.4 Å². The number of nitrogens with zero attached hydrogens (tertiary/aromatic N) is 2. The lowest BCUT2D eigenvalue weighted by Crippen LogP contribution is -2.57. The van der Waals surface area contributed by atoms with Gasteiger partial charge >= 0.3 is 6.09 Å². The maximum atomic E-state index is 12.3. The Morgan fingerprint density at radius 2 is 1.77 bits per heavy atom. The van der Waals surface area contributed by atoms with Gasteiger partial charge in [-0.2, -0.15) is 0 Å². The topological polar surface area (TPSA) is 87.2 Å². The second kappa shape index (κ2) is 13.0. The molecule has 1 aliphatic heterocycles. The van der Waals surface area contributed by atoms with E-state index in [1.165, 1.54) is 12.8 Å². The predicted molar refractivity (Wildman–Crippen MR) is 123 cm³/mol. The molecule has 0 aromatic carbocycles. The van der Waals surface area contributed by atoms with Gasteiger partial charge in [-0.15, -0.1) is 0 Å². The minimum absolute atomic E-state index is 0.379. The quantitative estimate of drug-likeness (QED) is 0.367. The lowest BCUT2D eigenvalue weighted by atomic mass is 9.93. The number of piperidine rings is 1. The highest BCUT2D eigenvalue weighted by Crippen LogP contribution is 2.17. The summed E-state index contributed by atoms with van der Waals surface area (Å²) in [6.07, 6.45) is 3.58. The molecule has 0 aromatic rings. The highest BCUT2D eigenvalue weighted by molar-refractivity contribution is 5.79. The molecule has 176 valence electrons. The van der Waals surface area contributed by atoms with E-state index in [1.54, 1.807) is 14.2 Å². The summed E-state index contributed by atoms with van der Waals surface area (Å²) >= 11 is 0. The molecule has 1 saturated heterocycles. The third kappa shape index (κ3) is 9.98. The maximum absolute atomic E-state index is 12.3. The molecule has 0 unspecified atom stereocenters. The number of ether oxygens (including phenoxy) is 2. The number of amides is 1. The fraction of sp³-hybridized carbons (Fsp3) is 0.909. The van der Waals surface area contributed by atoms with E-state index in [2.05, 4.69) is 39.7 Å². The second-order valence-corrected chi connectivity index (χ2v) is 9.20. The number of aliphatic imine (C=N–C) groups is 1. The van der Waals surface area contributed by atoms with Crippen molar-refractivity contribution in [3.63, 3.8) is 0 Å². The van der Waals surface area contributed by atoms with Crippen LogP contribution < -0.4 is 16.0 Å². The first-order valence-electron chi connectivity index (χ1n) is 11.3. The molecule has 1 amide bonds. The van der Waals surface area contributed by atoms with Crippen LogP contribution in [-0.2, 0) is 9.47 Å². The van der Waals surface area contributed by atoms with Crippen LogP contribution in [0.1, 0.15) is 60.3 Å². The van der Waals surface area contributed by atoms with Gasteiger partial charge in [-0.1, -0.05) is 13.8 Å². The maximum Gasteiger partial charge on any atom is 0.408 e. The Kier molecular flexibility index (Phi) is 11.5. The molecule has 3 N–H and O–H groups in total. The largest absolute Gasteiger partial charge is 0.444 e. The first kappa shape index (κ1) is 26.5. The molecular weight excluding hydrogens is 382 g/mol. The number of hydrogen-bond donors (Lipinski definition) is 3. The number of carbonyl (C=O) groups excluding carboxylic acids is 1. The van der Waals surface area contributed by atoms with E-state index < -0.39 is 5.60 Å². The van der Waals surface area contributed by atoms with Gasteiger partial charge in [0.05, 0.1) is 12.1 Å². The minimum atomic E-state index is -0.512. The van der Waals surface area contributed by atoms with E-state index in [0.717, 1.165) is 51.6 Å². The van der Waals surface area contributed by atoms with E-state index in [0.29, 0.717) is 12.5 Å². The van der Waals surface area contributed by atoms with Crippen LogP contribution in [0.25, 0.3) is 0 Å². The molecule has 1 rings (SSSR count). The molecule has 8 heteroatoms. The van der Waals surface area contributed by atoms with Crippen LogP contribution in [0.2, 0.25) is 0 Å². The van der Waals surface area contributed by atoms with Gasteiger partial charge in [-0.05, 0) is 65.5 Å². The smallest absolute Gasteiger partial charge is 0.408 e. The van der Waals surface area contributed by atoms with Crippen LogP contribution >= 0.6 is 0 Å². The Hall–Kier alpha value is -1.54. The third-order valence-electron chi connectivity index (χ3n) is 5.81. The van der Waals surface area contributed by atoms with Gasteiger partial charge in [0.2, 0.25) is 0 Å². The van der Waals surface area contributed by atoms with Crippen molar-refractivity contribution in [2.75, 3.05) is 53.5 Å². The molecule has 0 atom stereocenters. The molecule has 0 aliphatic carbocycles. The Morgan fingerprint density at radius 1 is 1.13 bits per heavy atom. The molecule has 1 fully saturated rings.